The van der Waals surface area contributed by atoms with Crippen LogP contribution in [0.4, 0.5) is 0 Å². The third kappa shape index (κ3) is 2.51. The minimum absolute atomic E-state index is 0.0363. The van der Waals surface area contributed by atoms with Gasteiger partial charge in [0, 0.05) is 16.3 Å². The molecule has 18 heavy (non-hydrogen) atoms. The fourth-order valence-corrected chi connectivity index (χ4v) is 2.46. The highest BCUT2D eigenvalue weighted by Gasteiger charge is 2.21. The number of aliphatic hydroxyl groups excluding tert-OH is 2. The highest BCUT2D eigenvalue weighted by Crippen LogP contribution is 2.34. The van der Waals surface area contributed by atoms with E-state index in [0.29, 0.717) is 22.7 Å². The zero-order valence-electron chi connectivity index (χ0n) is 9.75. The number of phenols is 1. The van der Waals surface area contributed by atoms with Crippen molar-refractivity contribution < 1.29 is 15.3 Å². The van der Waals surface area contributed by atoms with Crippen LogP contribution in [0.2, 0.25) is 0 Å². The molecule has 0 aliphatic carbocycles. The molecule has 0 saturated heterocycles. The Balaban J connectivity index is 2.42. The molecular formula is C14H15BrO3. The van der Waals surface area contributed by atoms with Gasteiger partial charge in [0.1, 0.15) is 11.9 Å². The summed E-state index contributed by atoms with van der Waals surface area (Å²) in [7, 11) is 0. The van der Waals surface area contributed by atoms with Gasteiger partial charge in [-0.2, -0.15) is 0 Å². The summed E-state index contributed by atoms with van der Waals surface area (Å²) in [6, 6.07) is 10.9. The lowest BCUT2D eigenvalue weighted by molar-refractivity contribution is 0.0161. The second-order valence-corrected chi connectivity index (χ2v) is 5.01. The summed E-state index contributed by atoms with van der Waals surface area (Å²) in [5.74, 6) is 0.0363. The highest BCUT2D eigenvalue weighted by molar-refractivity contribution is 9.09. The molecule has 4 heteroatoms. The first kappa shape index (κ1) is 13.3. The van der Waals surface area contributed by atoms with Crippen molar-refractivity contribution in [2.45, 2.75) is 18.6 Å². The number of alkyl halides is 1. The predicted octanol–water partition coefficient (Wildman–Crippen LogP) is 2.72. The fraction of sp³-hybridized carbons (Fsp3) is 0.286. The maximum Gasteiger partial charge on any atom is 0.129 e. The summed E-state index contributed by atoms with van der Waals surface area (Å²) in [4.78, 5) is 0. The number of aromatic hydroxyl groups is 1. The molecule has 2 aromatic carbocycles. The fourth-order valence-electron chi connectivity index (χ4n) is 1.99. The SMILES string of the molecule is Oc1c(C(O)C(O)CCBr)ccc2ccccc12. The monoisotopic (exact) mass is 310 g/mol. The molecule has 0 aliphatic rings. The van der Waals surface area contributed by atoms with E-state index >= 15 is 0 Å². The topological polar surface area (TPSA) is 60.7 Å². The zero-order chi connectivity index (χ0) is 13.1. The average Bonchev–Trinajstić information content (AvgIpc) is 2.39. The molecule has 0 aromatic heterocycles. The third-order valence-corrected chi connectivity index (χ3v) is 3.48. The lowest BCUT2D eigenvalue weighted by atomic mass is 9.98. The van der Waals surface area contributed by atoms with Crippen molar-refractivity contribution >= 4 is 26.7 Å². The van der Waals surface area contributed by atoms with E-state index in [1.165, 1.54) is 0 Å². The maximum absolute atomic E-state index is 10.2. The quantitative estimate of drug-likeness (QED) is 0.761. The van der Waals surface area contributed by atoms with Crippen LogP contribution in [-0.2, 0) is 0 Å². The van der Waals surface area contributed by atoms with Gasteiger partial charge in [0.05, 0.1) is 6.10 Å². The minimum Gasteiger partial charge on any atom is -0.507 e. The number of halogens is 1. The van der Waals surface area contributed by atoms with Crippen LogP contribution in [0.15, 0.2) is 36.4 Å². The molecule has 0 spiro atoms. The molecule has 2 atom stereocenters. The van der Waals surface area contributed by atoms with E-state index in [1.54, 1.807) is 12.1 Å². The molecule has 3 nitrogen and oxygen atoms in total. The number of fused-ring (bicyclic) bond motifs is 1. The summed E-state index contributed by atoms with van der Waals surface area (Å²) in [6.45, 7) is 0. The second-order valence-electron chi connectivity index (χ2n) is 4.21. The van der Waals surface area contributed by atoms with Crippen LogP contribution < -0.4 is 0 Å². The lowest BCUT2D eigenvalue weighted by Crippen LogP contribution is -2.18. The molecule has 3 N–H and O–H groups in total. The number of rotatable bonds is 4. The van der Waals surface area contributed by atoms with Crippen LogP contribution in [-0.4, -0.2) is 26.8 Å². The maximum atomic E-state index is 10.2. The van der Waals surface area contributed by atoms with Gasteiger partial charge in [-0.1, -0.05) is 52.3 Å². The first-order valence-corrected chi connectivity index (χ1v) is 6.90. The molecular weight excluding hydrogens is 296 g/mol. The molecule has 2 rings (SSSR count). The Kier molecular flexibility index (Phi) is 4.22. The normalized spacial score (nSPS) is 14.6. The zero-order valence-corrected chi connectivity index (χ0v) is 11.3. The van der Waals surface area contributed by atoms with E-state index in [4.69, 9.17) is 0 Å². The Morgan fingerprint density at radius 1 is 1.06 bits per heavy atom. The van der Waals surface area contributed by atoms with Crippen LogP contribution >= 0.6 is 15.9 Å². The van der Waals surface area contributed by atoms with E-state index in [0.717, 1.165) is 5.39 Å². The van der Waals surface area contributed by atoms with Crippen LogP contribution in [0.3, 0.4) is 0 Å². The van der Waals surface area contributed by atoms with Crippen molar-refractivity contribution in [1.82, 2.24) is 0 Å². The Morgan fingerprint density at radius 2 is 1.78 bits per heavy atom. The predicted molar refractivity (Wildman–Crippen MR) is 75.0 cm³/mol. The summed E-state index contributed by atoms with van der Waals surface area (Å²) >= 11 is 3.22. The summed E-state index contributed by atoms with van der Waals surface area (Å²) in [5, 5.41) is 32.1. The summed E-state index contributed by atoms with van der Waals surface area (Å²) in [6.07, 6.45) is -1.54. The van der Waals surface area contributed by atoms with Gasteiger partial charge in [-0.3, -0.25) is 0 Å². The number of hydrogen-bond acceptors (Lipinski definition) is 3. The van der Waals surface area contributed by atoms with Crippen molar-refractivity contribution in [2.24, 2.45) is 0 Å². The van der Waals surface area contributed by atoms with Crippen molar-refractivity contribution in [2.75, 3.05) is 5.33 Å². The Morgan fingerprint density at radius 3 is 2.50 bits per heavy atom. The molecule has 0 saturated carbocycles. The van der Waals surface area contributed by atoms with Crippen LogP contribution in [0.25, 0.3) is 10.8 Å². The van der Waals surface area contributed by atoms with Crippen LogP contribution in [0.5, 0.6) is 5.75 Å². The van der Waals surface area contributed by atoms with E-state index in [-0.39, 0.29) is 5.75 Å². The van der Waals surface area contributed by atoms with Gasteiger partial charge >= 0.3 is 0 Å². The van der Waals surface area contributed by atoms with Gasteiger partial charge < -0.3 is 15.3 Å². The van der Waals surface area contributed by atoms with Crippen LogP contribution in [0, 0.1) is 0 Å². The number of hydrogen-bond donors (Lipinski definition) is 3. The van der Waals surface area contributed by atoms with E-state index in [9.17, 15) is 15.3 Å². The van der Waals surface area contributed by atoms with Crippen molar-refractivity contribution in [3.8, 4) is 5.75 Å². The highest BCUT2D eigenvalue weighted by atomic mass is 79.9. The summed E-state index contributed by atoms with van der Waals surface area (Å²) in [5.41, 5.74) is 0.363. The van der Waals surface area contributed by atoms with Gasteiger partial charge in [-0.05, 0) is 11.8 Å². The molecule has 2 aromatic rings. The van der Waals surface area contributed by atoms with Crippen molar-refractivity contribution in [1.29, 1.82) is 0 Å². The Labute approximate surface area is 114 Å². The molecule has 0 radical (unpaired) electrons. The van der Waals surface area contributed by atoms with E-state index in [2.05, 4.69) is 15.9 Å². The Bertz CT molecular complexity index is 542. The molecule has 0 fully saturated rings. The molecule has 0 heterocycles. The lowest BCUT2D eigenvalue weighted by Gasteiger charge is -2.19. The molecule has 0 amide bonds. The van der Waals surface area contributed by atoms with E-state index in [1.807, 2.05) is 24.3 Å². The second kappa shape index (κ2) is 5.69. The number of aliphatic hydroxyl groups is 2. The average molecular weight is 311 g/mol. The molecule has 96 valence electrons. The van der Waals surface area contributed by atoms with Crippen molar-refractivity contribution in [3.05, 3.63) is 42.0 Å². The van der Waals surface area contributed by atoms with Crippen molar-refractivity contribution in [3.63, 3.8) is 0 Å². The third-order valence-electron chi connectivity index (χ3n) is 3.02. The summed E-state index contributed by atoms with van der Waals surface area (Å²) < 4.78 is 0. The standard InChI is InChI=1S/C14H15BrO3/c15-8-7-12(16)14(18)11-6-5-9-3-1-2-4-10(9)13(11)17/h1-6,12,14,16-18H,7-8H2. The first-order chi connectivity index (χ1) is 8.65. The minimum atomic E-state index is -1.08. The van der Waals surface area contributed by atoms with Crippen LogP contribution in [0.1, 0.15) is 18.1 Å². The molecule has 2 unspecified atom stereocenters. The van der Waals surface area contributed by atoms with Gasteiger partial charge in [0.15, 0.2) is 0 Å². The molecule has 0 bridgehead atoms. The number of phenolic OH excluding ortho intramolecular Hbond substituents is 1. The number of benzene rings is 2. The first-order valence-electron chi connectivity index (χ1n) is 5.78. The van der Waals surface area contributed by atoms with Gasteiger partial charge in [-0.15, -0.1) is 0 Å². The molecule has 0 aliphatic heterocycles. The largest absolute Gasteiger partial charge is 0.507 e. The van der Waals surface area contributed by atoms with Gasteiger partial charge in [0.2, 0.25) is 0 Å². The smallest absolute Gasteiger partial charge is 0.129 e. The Hall–Kier alpha value is -1.10. The van der Waals surface area contributed by atoms with Gasteiger partial charge in [0.25, 0.3) is 0 Å². The van der Waals surface area contributed by atoms with E-state index < -0.39 is 12.2 Å². The van der Waals surface area contributed by atoms with Gasteiger partial charge in [-0.25, -0.2) is 0 Å².